The molecule has 11 heteroatoms. The number of benzene rings is 3. The topological polar surface area (TPSA) is 107 Å². The summed E-state index contributed by atoms with van der Waals surface area (Å²) in [6.45, 7) is 0.0161. The molecule has 37 heavy (non-hydrogen) atoms. The second-order valence-corrected chi connectivity index (χ2v) is 9.51. The SMILES string of the molecule is COc1ccc(NC(=O)CSc2nnc(CNC(=O)COc3ccccc3)n2-c2ccc(Br)cc2)cc1. The van der Waals surface area contributed by atoms with E-state index in [1.165, 1.54) is 11.8 Å². The Morgan fingerprint density at radius 3 is 2.35 bits per heavy atom. The van der Waals surface area contributed by atoms with Crippen LogP contribution < -0.4 is 20.1 Å². The van der Waals surface area contributed by atoms with Crippen molar-refractivity contribution in [3.8, 4) is 17.2 Å². The molecule has 3 aromatic carbocycles. The standard InChI is InChI=1S/C26H24BrN5O4S/c1-35-21-13-9-19(10-14-21)29-25(34)17-37-26-31-30-23(32(26)20-11-7-18(27)8-12-20)15-28-24(33)16-36-22-5-3-2-4-6-22/h2-14H,15-17H2,1H3,(H,28,33)(H,29,34). The molecule has 2 N–H and O–H groups in total. The summed E-state index contributed by atoms with van der Waals surface area (Å²) in [6, 6.07) is 23.8. The summed E-state index contributed by atoms with van der Waals surface area (Å²) in [6.07, 6.45) is 0. The predicted molar refractivity (Wildman–Crippen MR) is 145 cm³/mol. The van der Waals surface area contributed by atoms with Crippen molar-refractivity contribution >= 4 is 45.2 Å². The van der Waals surface area contributed by atoms with Crippen molar-refractivity contribution in [2.75, 3.05) is 24.8 Å². The van der Waals surface area contributed by atoms with E-state index in [0.29, 0.717) is 28.2 Å². The molecule has 0 aliphatic heterocycles. The first-order valence-corrected chi connectivity index (χ1v) is 13.0. The monoisotopic (exact) mass is 581 g/mol. The summed E-state index contributed by atoms with van der Waals surface area (Å²) in [7, 11) is 1.59. The Bertz CT molecular complexity index is 1330. The Kier molecular flexibility index (Phi) is 9.17. The minimum atomic E-state index is -0.290. The number of nitrogens with one attached hydrogen (secondary N) is 2. The summed E-state index contributed by atoms with van der Waals surface area (Å²) in [5.74, 6) is 1.49. The van der Waals surface area contributed by atoms with Gasteiger partial charge in [0.25, 0.3) is 5.91 Å². The third kappa shape index (κ3) is 7.58. The summed E-state index contributed by atoms with van der Waals surface area (Å²) in [4.78, 5) is 24.9. The summed E-state index contributed by atoms with van der Waals surface area (Å²) >= 11 is 4.69. The first kappa shape index (κ1) is 26.2. The van der Waals surface area contributed by atoms with Crippen LogP contribution in [0.4, 0.5) is 5.69 Å². The summed E-state index contributed by atoms with van der Waals surface area (Å²) < 4.78 is 13.4. The number of para-hydroxylation sites is 1. The normalized spacial score (nSPS) is 10.5. The lowest BCUT2D eigenvalue weighted by molar-refractivity contribution is -0.123. The molecule has 4 rings (SSSR count). The van der Waals surface area contributed by atoms with Crippen molar-refractivity contribution in [1.29, 1.82) is 0 Å². The second kappa shape index (κ2) is 12.9. The third-order valence-corrected chi connectivity index (χ3v) is 6.51. The number of anilines is 1. The fourth-order valence-corrected chi connectivity index (χ4v) is 4.29. The number of halogens is 1. The highest BCUT2D eigenvalue weighted by molar-refractivity contribution is 9.10. The molecule has 0 unspecified atom stereocenters. The van der Waals surface area contributed by atoms with E-state index >= 15 is 0 Å². The first-order chi connectivity index (χ1) is 18.0. The number of thioether (sulfide) groups is 1. The van der Waals surface area contributed by atoms with Crippen LogP contribution in [0.2, 0.25) is 0 Å². The Labute approximate surface area is 226 Å². The van der Waals surface area contributed by atoms with Crippen molar-refractivity contribution < 1.29 is 19.1 Å². The molecule has 1 aromatic heterocycles. The number of methoxy groups -OCH3 is 1. The number of carbonyl (C=O) groups is 2. The number of carbonyl (C=O) groups excluding carboxylic acids is 2. The Morgan fingerprint density at radius 1 is 0.919 bits per heavy atom. The molecule has 0 aliphatic carbocycles. The highest BCUT2D eigenvalue weighted by Gasteiger charge is 2.17. The van der Waals surface area contributed by atoms with Gasteiger partial charge in [-0.05, 0) is 60.7 Å². The molecule has 0 saturated carbocycles. The van der Waals surface area contributed by atoms with Crippen LogP contribution in [0.3, 0.4) is 0 Å². The minimum absolute atomic E-state index is 0.121. The number of ether oxygens (including phenoxy) is 2. The van der Waals surface area contributed by atoms with Gasteiger partial charge in [0.05, 0.1) is 19.4 Å². The molecule has 0 fully saturated rings. The zero-order valence-corrected chi connectivity index (χ0v) is 22.3. The maximum absolute atomic E-state index is 12.5. The third-order valence-electron chi connectivity index (χ3n) is 5.05. The average molecular weight is 582 g/mol. The zero-order chi connectivity index (χ0) is 26.0. The lowest BCUT2D eigenvalue weighted by Crippen LogP contribution is -2.29. The van der Waals surface area contributed by atoms with Crippen molar-refractivity contribution in [2.45, 2.75) is 11.7 Å². The van der Waals surface area contributed by atoms with E-state index in [1.54, 1.807) is 43.5 Å². The minimum Gasteiger partial charge on any atom is -0.497 e. The number of nitrogens with zero attached hydrogens (tertiary/aromatic N) is 3. The van der Waals surface area contributed by atoms with Gasteiger partial charge in [-0.3, -0.25) is 14.2 Å². The van der Waals surface area contributed by atoms with Crippen LogP contribution in [0.15, 0.2) is 88.5 Å². The average Bonchev–Trinajstić information content (AvgIpc) is 3.33. The molecule has 1 heterocycles. The van der Waals surface area contributed by atoms with Gasteiger partial charge in [0.2, 0.25) is 5.91 Å². The van der Waals surface area contributed by atoms with Crippen LogP contribution >= 0.6 is 27.7 Å². The highest BCUT2D eigenvalue weighted by Crippen LogP contribution is 2.24. The van der Waals surface area contributed by atoms with Gasteiger partial charge < -0.3 is 20.1 Å². The molecule has 190 valence electrons. The largest absolute Gasteiger partial charge is 0.497 e. The van der Waals surface area contributed by atoms with E-state index in [-0.39, 0.29) is 30.7 Å². The van der Waals surface area contributed by atoms with Gasteiger partial charge in [-0.25, -0.2) is 0 Å². The van der Waals surface area contributed by atoms with Crippen LogP contribution in [0.1, 0.15) is 5.82 Å². The van der Waals surface area contributed by atoms with Crippen LogP contribution in [-0.2, 0) is 16.1 Å². The van der Waals surface area contributed by atoms with Gasteiger partial charge in [0.1, 0.15) is 11.5 Å². The maximum Gasteiger partial charge on any atom is 0.258 e. The van der Waals surface area contributed by atoms with Crippen LogP contribution in [0.25, 0.3) is 5.69 Å². The lowest BCUT2D eigenvalue weighted by atomic mass is 10.3. The molecule has 4 aromatic rings. The fraction of sp³-hybridized carbons (Fsp3) is 0.154. The van der Waals surface area contributed by atoms with Gasteiger partial charge in [0.15, 0.2) is 17.6 Å². The molecule has 0 radical (unpaired) electrons. The Hall–Kier alpha value is -3.83. The van der Waals surface area contributed by atoms with E-state index in [2.05, 4.69) is 36.8 Å². The van der Waals surface area contributed by atoms with Gasteiger partial charge in [-0.2, -0.15) is 0 Å². The number of rotatable bonds is 11. The molecule has 2 amide bonds. The number of hydrogen-bond donors (Lipinski definition) is 2. The summed E-state index contributed by atoms with van der Waals surface area (Å²) in [5, 5.41) is 14.7. The maximum atomic E-state index is 12.5. The highest BCUT2D eigenvalue weighted by atomic mass is 79.9. The number of amides is 2. The van der Waals surface area contributed by atoms with Crippen molar-refractivity contribution in [3.05, 3.63) is 89.2 Å². The van der Waals surface area contributed by atoms with Crippen molar-refractivity contribution in [3.63, 3.8) is 0 Å². The van der Waals surface area contributed by atoms with Gasteiger partial charge in [-0.1, -0.05) is 45.9 Å². The fourth-order valence-electron chi connectivity index (χ4n) is 3.25. The zero-order valence-electron chi connectivity index (χ0n) is 19.9. The van der Waals surface area contributed by atoms with Gasteiger partial charge >= 0.3 is 0 Å². The predicted octanol–water partition coefficient (Wildman–Crippen LogP) is 4.46. The smallest absolute Gasteiger partial charge is 0.258 e. The van der Waals surface area contributed by atoms with E-state index in [4.69, 9.17) is 9.47 Å². The van der Waals surface area contributed by atoms with E-state index in [0.717, 1.165) is 10.2 Å². The molecule has 0 saturated heterocycles. The molecule has 0 atom stereocenters. The quantitative estimate of drug-likeness (QED) is 0.252. The lowest BCUT2D eigenvalue weighted by Gasteiger charge is -2.12. The molecular formula is C26H24BrN5O4S. The Balaban J connectivity index is 1.41. The summed E-state index contributed by atoms with van der Waals surface area (Å²) in [5.41, 5.74) is 1.47. The van der Waals surface area contributed by atoms with E-state index < -0.39 is 0 Å². The second-order valence-electron chi connectivity index (χ2n) is 7.65. The molecule has 0 aliphatic rings. The molecular weight excluding hydrogens is 558 g/mol. The Morgan fingerprint density at radius 2 is 1.65 bits per heavy atom. The van der Waals surface area contributed by atoms with E-state index in [1.807, 2.05) is 47.0 Å². The molecule has 0 spiro atoms. The van der Waals surface area contributed by atoms with Crippen LogP contribution in [-0.4, -0.2) is 46.0 Å². The van der Waals surface area contributed by atoms with Crippen LogP contribution in [0, 0.1) is 0 Å². The first-order valence-electron chi connectivity index (χ1n) is 11.2. The van der Waals surface area contributed by atoms with Crippen molar-refractivity contribution in [1.82, 2.24) is 20.1 Å². The molecule has 9 nitrogen and oxygen atoms in total. The number of aromatic nitrogens is 3. The van der Waals surface area contributed by atoms with Crippen molar-refractivity contribution in [2.24, 2.45) is 0 Å². The number of hydrogen-bond acceptors (Lipinski definition) is 7. The van der Waals surface area contributed by atoms with Gasteiger partial charge in [0, 0.05) is 15.8 Å². The van der Waals surface area contributed by atoms with Gasteiger partial charge in [-0.15, -0.1) is 10.2 Å². The molecule has 0 bridgehead atoms. The van der Waals surface area contributed by atoms with Crippen LogP contribution in [0.5, 0.6) is 11.5 Å². The van der Waals surface area contributed by atoms with E-state index in [9.17, 15) is 9.59 Å².